The van der Waals surface area contributed by atoms with Gasteiger partial charge in [0.1, 0.15) is 6.61 Å². The Morgan fingerprint density at radius 2 is 1.55 bits per heavy atom. The number of carboxylic acids is 1. The van der Waals surface area contributed by atoms with E-state index >= 15 is 0 Å². The lowest BCUT2D eigenvalue weighted by Gasteiger charge is -2.22. The number of hydrogen-bond acceptors (Lipinski definition) is 8. The molecular weight excluding hydrogens is 386 g/mol. The number of ether oxygens (including phenoxy) is 3. The Kier molecular flexibility index (Phi) is 9.86. The molecule has 0 unspecified atom stereocenters. The Morgan fingerprint density at radius 1 is 0.966 bits per heavy atom. The zero-order chi connectivity index (χ0) is 21.8. The smallest absolute Gasteiger partial charge is 0.349 e. The van der Waals surface area contributed by atoms with Gasteiger partial charge in [-0.2, -0.15) is 0 Å². The third-order valence-electron chi connectivity index (χ3n) is 3.46. The van der Waals surface area contributed by atoms with Gasteiger partial charge in [-0.25, -0.2) is 4.79 Å². The normalized spacial score (nSPS) is 12.2. The summed E-state index contributed by atoms with van der Waals surface area (Å²) in [6.45, 7) is 2.06. The van der Waals surface area contributed by atoms with Gasteiger partial charge >= 0.3 is 23.9 Å². The van der Waals surface area contributed by atoms with Crippen molar-refractivity contribution < 1.29 is 43.3 Å². The SMILES string of the molecule is CC(=O)O[C@H](C(=O)O)[C@@H](OC(C)=O)C(=O)NCCCC(=O)OCc1ccccc1. The molecule has 0 saturated heterocycles. The fraction of sp³-hybridized carbons (Fsp3) is 0.421. The van der Waals surface area contributed by atoms with Crippen LogP contribution >= 0.6 is 0 Å². The van der Waals surface area contributed by atoms with Gasteiger partial charge in [0.05, 0.1) is 0 Å². The van der Waals surface area contributed by atoms with Crippen molar-refractivity contribution in [2.24, 2.45) is 0 Å². The summed E-state index contributed by atoms with van der Waals surface area (Å²) in [6, 6.07) is 9.10. The number of carbonyl (C=O) groups is 5. The van der Waals surface area contributed by atoms with Gasteiger partial charge < -0.3 is 24.6 Å². The number of rotatable bonds is 11. The maximum absolute atomic E-state index is 12.2. The van der Waals surface area contributed by atoms with Gasteiger partial charge in [-0.1, -0.05) is 30.3 Å². The number of benzene rings is 1. The third kappa shape index (κ3) is 9.36. The lowest BCUT2D eigenvalue weighted by atomic mass is 10.1. The van der Waals surface area contributed by atoms with Crippen molar-refractivity contribution in [3.05, 3.63) is 35.9 Å². The number of nitrogens with one attached hydrogen (secondary N) is 1. The van der Waals surface area contributed by atoms with Crippen LogP contribution in [-0.2, 0) is 44.8 Å². The fourth-order valence-electron chi connectivity index (χ4n) is 2.21. The second-order valence-electron chi connectivity index (χ2n) is 5.94. The predicted octanol–water partition coefficient (Wildman–Crippen LogP) is 0.574. The Morgan fingerprint density at radius 3 is 2.10 bits per heavy atom. The highest BCUT2D eigenvalue weighted by molar-refractivity contribution is 5.90. The molecule has 0 aromatic heterocycles. The number of esters is 3. The minimum absolute atomic E-state index is 0.0105. The minimum Gasteiger partial charge on any atom is -0.478 e. The van der Waals surface area contributed by atoms with Crippen molar-refractivity contribution in [3.8, 4) is 0 Å². The van der Waals surface area contributed by atoms with E-state index in [0.717, 1.165) is 19.4 Å². The molecule has 2 N–H and O–H groups in total. The molecule has 0 aliphatic carbocycles. The molecule has 158 valence electrons. The molecule has 1 rings (SSSR count). The molecule has 0 aliphatic heterocycles. The van der Waals surface area contributed by atoms with Crippen molar-refractivity contribution in [2.45, 2.75) is 45.5 Å². The van der Waals surface area contributed by atoms with Gasteiger partial charge in [0, 0.05) is 26.8 Å². The largest absolute Gasteiger partial charge is 0.478 e. The van der Waals surface area contributed by atoms with Crippen LogP contribution in [0.25, 0.3) is 0 Å². The predicted molar refractivity (Wildman–Crippen MR) is 97.2 cm³/mol. The minimum atomic E-state index is -1.99. The number of hydrogen-bond donors (Lipinski definition) is 2. The van der Waals surface area contributed by atoms with Gasteiger partial charge in [-0.15, -0.1) is 0 Å². The lowest BCUT2D eigenvalue weighted by Crippen LogP contribution is -2.50. The van der Waals surface area contributed by atoms with E-state index in [9.17, 15) is 24.0 Å². The molecule has 0 fully saturated rings. The van der Waals surface area contributed by atoms with E-state index in [4.69, 9.17) is 14.6 Å². The molecule has 1 amide bonds. The fourth-order valence-corrected chi connectivity index (χ4v) is 2.21. The first kappa shape index (κ1) is 23.6. The second kappa shape index (κ2) is 12.1. The summed E-state index contributed by atoms with van der Waals surface area (Å²) in [4.78, 5) is 57.4. The number of amides is 1. The molecule has 0 spiro atoms. The zero-order valence-corrected chi connectivity index (χ0v) is 16.1. The molecule has 1 aromatic rings. The Balaban J connectivity index is 2.49. The molecule has 0 bridgehead atoms. The van der Waals surface area contributed by atoms with Crippen molar-refractivity contribution >= 4 is 29.8 Å². The van der Waals surface area contributed by atoms with Crippen molar-refractivity contribution in [1.82, 2.24) is 5.32 Å². The summed E-state index contributed by atoms with van der Waals surface area (Å²) in [5.41, 5.74) is 0.837. The molecular formula is C19H23NO9. The molecule has 0 aliphatic rings. The van der Waals surface area contributed by atoms with Crippen molar-refractivity contribution in [2.75, 3.05) is 6.54 Å². The van der Waals surface area contributed by atoms with E-state index in [1.54, 1.807) is 0 Å². The summed E-state index contributed by atoms with van der Waals surface area (Å²) in [6.07, 6.45) is -3.64. The summed E-state index contributed by atoms with van der Waals surface area (Å²) >= 11 is 0. The lowest BCUT2D eigenvalue weighted by molar-refractivity contribution is -0.180. The summed E-state index contributed by atoms with van der Waals surface area (Å²) in [5.74, 6) is -4.96. The van der Waals surface area contributed by atoms with Gasteiger partial charge in [0.15, 0.2) is 0 Å². The van der Waals surface area contributed by atoms with E-state index in [1.165, 1.54) is 0 Å². The van der Waals surface area contributed by atoms with E-state index < -0.39 is 42.0 Å². The molecule has 0 saturated carbocycles. The van der Waals surface area contributed by atoms with Crippen LogP contribution in [-0.4, -0.2) is 53.6 Å². The highest BCUT2D eigenvalue weighted by atomic mass is 16.6. The van der Waals surface area contributed by atoms with E-state index in [0.29, 0.717) is 0 Å². The molecule has 2 atom stereocenters. The first-order valence-corrected chi connectivity index (χ1v) is 8.75. The number of aliphatic carboxylic acids is 1. The Hall–Kier alpha value is -3.43. The maximum Gasteiger partial charge on any atom is 0.349 e. The van der Waals surface area contributed by atoms with Gasteiger partial charge in [0.2, 0.25) is 12.2 Å². The van der Waals surface area contributed by atoms with Crippen LogP contribution in [0.1, 0.15) is 32.3 Å². The summed E-state index contributed by atoms with van der Waals surface area (Å²) in [5, 5.41) is 11.5. The second-order valence-corrected chi connectivity index (χ2v) is 5.94. The van der Waals surface area contributed by atoms with Crippen LogP contribution in [0.2, 0.25) is 0 Å². The summed E-state index contributed by atoms with van der Waals surface area (Å²) < 4.78 is 14.4. The number of carbonyl (C=O) groups excluding carboxylic acids is 4. The molecule has 0 heterocycles. The first-order valence-electron chi connectivity index (χ1n) is 8.75. The Bertz CT molecular complexity index is 732. The molecule has 10 nitrogen and oxygen atoms in total. The number of carboxylic acid groups (broad SMARTS) is 1. The average molecular weight is 409 g/mol. The van der Waals surface area contributed by atoms with Crippen LogP contribution in [0.3, 0.4) is 0 Å². The van der Waals surface area contributed by atoms with Gasteiger partial charge in [-0.05, 0) is 12.0 Å². The standard InChI is InChI=1S/C19H23NO9/c1-12(21)28-16(17(19(25)26)29-13(2)22)18(24)20-10-6-9-15(23)27-11-14-7-4-3-5-8-14/h3-5,7-8,16-17H,6,9-11H2,1-2H3,(H,20,24)(H,25,26)/t16-,17+/m1/s1. The highest BCUT2D eigenvalue weighted by Crippen LogP contribution is 2.08. The molecule has 10 heteroatoms. The van der Waals surface area contributed by atoms with Crippen LogP contribution in [0.4, 0.5) is 0 Å². The van der Waals surface area contributed by atoms with Crippen molar-refractivity contribution in [3.63, 3.8) is 0 Å². The van der Waals surface area contributed by atoms with Gasteiger partial charge in [0.25, 0.3) is 5.91 Å². The zero-order valence-electron chi connectivity index (χ0n) is 16.1. The van der Waals surface area contributed by atoms with Crippen LogP contribution in [0.5, 0.6) is 0 Å². The molecule has 29 heavy (non-hydrogen) atoms. The quantitative estimate of drug-likeness (QED) is 0.304. The Labute approximate surface area is 167 Å². The van der Waals surface area contributed by atoms with E-state index in [-0.39, 0.29) is 26.0 Å². The third-order valence-corrected chi connectivity index (χ3v) is 3.46. The van der Waals surface area contributed by atoms with Gasteiger partial charge in [-0.3, -0.25) is 19.2 Å². The van der Waals surface area contributed by atoms with Crippen LogP contribution in [0.15, 0.2) is 30.3 Å². The monoisotopic (exact) mass is 409 g/mol. The van der Waals surface area contributed by atoms with E-state index in [1.807, 2.05) is 30.3 Å². The summed E-state index contributed by atoms with van der Waals surface area (Å²) in [7, 11) is 0. The highest BCUT2D eigenvalue weighted by Gasteiger charge is 2.39. The van der Waals surface area contributed by atoms with Crippen LogP contribution < -0.4 is 5.32 Å². The van der Waals surface area contributed by atoms with Crippen molar-refractivity contribution in [1.29, 1.82) is 0 Å². The van der Waals surface area contributed by atoms with Crippen LogP contribution in [0, 0.1) is 0 Å². The first-order chi connectivity index (χ1) is 13.7. The molecule has 0 radical (unpaired) electrons. The van der Waals surface area contributed by atoms with E-state index in [2.05, 4.69) is 10.1 Å². The topological polar surface area (TPSA) is 145 Å². The molecule has 1 aromatic carbocycles. The average Bonchev–Trinajstić information content (AvgIpc) is 2.66. The maximum atomic E-state index is 12.2.